The Labute approximate surface area is 256 Å². The molecule has 220 valence electrons. The van der Waals surface area contributed by atoms with E-state index < -0.39 is 44.6 Å². The normalized spacial score (nSPS) is 11.6. The number of rotatable bonds is 8. The van der Waals surface area contributed by atoms with Crippen LogP contribution in [0.25, 0.3) is 22.2 Å². The Bertz CT molecular complexity index is 2010. The molecule has 2 aromatic heterocycles. The molecule has 5 rings (SSSR count). The second-order valence-corrected chi connectivity index (χ2v) is 12.5. The summed E-state index contributed by atoms with van der Waals surface area (Å²) in [7, 11) is -3.95. The van der Waals surface area contributed by atoms with E-state index in [1.807, 2.05) is 0 Å². The summed E-state index contributed by atoms with van der Waals surface area (Å²) >= 11 is 12.4. The van der Waals surface area contributed by atoms with Crippen LogP contribution in [0.5, 0.6) is 0 Å². The lowest BCUT2D eigenvalue weighted by atomic mass is 10.00. The minimum Gasteiger partial charge on any atom is -0.288 e. The zero-order chi connectivity index (χ0) is 31.1. The first kappa shape index (κ1) is 30.3. The second-order valence-electron chi connectivity index (χ2n) is 9.79. The van der Waals surface area contributed by atoms with Crippen molar-refractivity contribution in [3.8, 4) is 11.1 Å². The standard InChI is InChI=1S/C31H23Cl2F2N3O4S/c1-3-13-43(41,42)37-25-12-11-24(34)27(28(25)35)29(39)22-16-38(31(40)26-17(2)5-4-6-23(26)33)30-21(22)14-19(15-36-30)18-7-9-20(32)10-8-18/h4-12,14-16,37H,3,13H2,1-2H3. The summed E-state index contributed by atoms with van der Waals surface area (Å²) < 4.78 is 58.5. The van der Waals surface area contributed by atoms with Crippen LogP contribution in [0.2, 0.25) is 10.0 Å². The predicted octanol–water partition coefficient (Wildman–Crippen LogP) is 7.67. The van der Waals surface area contributed by atoms with Crippen molar-refractivity contribution in [2.45, 2.75) is 20.3 Å². The molecule has 0 atom stereocenters. The number of hydrogen-bond donors (Lipinski definition) is 1. The van der Waals surface area contributed by atoms with Gasteiger partial charge in [-0.15, -0.1) is 0 Å². The topological polar surface area (TPSA) is 98.1 Å². The lowest BCUT2D eigenvalue weighted by Crippen LogP contribution is -2.18. The highest BCUT2D eigenvalue weighted by molar-refractivity contribution is 7.92. The number of ketones is 1. The Kier molecular flexibility index (Phi) is 8.38. The van der Waals surface area contributed by atoms with Gasteiger partial charge in [-0.1, -0.05) is 54.4 Å². The summed E-state index contributed by atoms with van der Waals surface area (Å²) in [5.41, 5.74) is 0.192. The van der Waals surface area contributed by atoms with Crippen LogP contribution in [0, 0.1) is 18.6 Å². The molecule has 0 radical (unpaired) electrons. The third kappa shape index (κ3) is 5.90. The van der Waals surface area contributed by atoms with E-state index in [-0.39, 0.29) is 39.4 Å². The number of aromatic nitrogens is 2. The molecule has 0 aliphatic carbocycles. The van der Waals surface area contributed by atoms with Crippen LogP contribution in [-0.4, -0.2) is 35.4 Å². The fourth-order valence-corrected chi connectivity index (χ4v) is 6.29. The molecule has 0 amide bonds. The molecule has 0 unspecified atom stereocenters. The van der Waals surface area contributed by atoms with Gasteiger partial charge in [-0.3, -0.25) is 18.9 Å². The molecule has 43 heavy (non-hydrogen) atoms. The number of sulfonamides is 1. The first-order valence-corrected chi connectivity index (χ1v) is 15.4. The third-order valence-corrected chi connectivity index (χ3v) is 8.82. The van der Waals surface area contributed by atoms with E-state index in [0.29, 0.717) is 21.7 Å². The van der Waals surface area contributed by atoms with Crippen molar-refractivity contribution in [2.75, 3.05) is 10.5 Å². The van der Waals surface area contributed by atoms with Gasteiger partial charge >= 0.3 is 0 Å². The van der Waals surface area contributed by atoms with E-state index in [4.69, 9.17) is 23.2 Å². The molecule has 3 aromatic carbocycles. The Hall–Kier alpha value is -4.12. The summed E-state index contributed by atoms with van der Waals surface area (Å²) in [6, 6.07) is 15.0. The van der Waals surface area contributed by atoms with Crippen LogP contribution >= 0.6 is 23.2 Å². The third-order valence-electron chi connectivity index (χ3n) is 6.78. The molecular weight excluding hydrogens is 619 g/mol. The number of nitrogens with one attached hydrogen (secondary N) is 1. The Morgan fingerprint density at radius 1 is 0.977 bits per heavy atom. The van der Waals surface area contributed by atoms with Crippen molar-refractivity contribution in [2.24, 2.45) is 0 Å². The van der Waals surface area contributed by atoms with E-state index in [2.05, 4.69) is 9.71 Å². The lowest BCUT2D eigenvalue weighted by molar-refractivity contribution is 0.0964. The minimum atomic E-state index is -3.95. The summed E-state index contributed by atoms with van der Waals surface area (Å²) in [6.45, 7) is 3.32. The average molecular weight is 643 g/mol. The highest BCUT2D eigenvalue weighted by Crippen LogP contribution is 2.32. The fourth-order valence-electron chi connectivity index (χ4n) is 4.73. The maximum atomic E-state index is 15.7. The number of nitrogens with zero attached hydrogens (tertiary/aromatic N) is 2. The van der Waals surface area contributed by atoms with Gasteiger partial charge < -0.3 is 0 Å². The molecule has 0 fully saturated rings. The zero-order valence-corrected chi connectivity index (χ0v) is 25.1. The summed E-state index contributed by atoms with van der Waals surface area (Å²) in [6.07, 6.45) is 2.91. The maximum Gasteiger partial charge on any atom is 0.265 e. The maximum absolute atomic E-state index is 15.7. The quantitative estimate of drug-likeness (QED) is 0.175. The number of hydrogen-bond acceptors (Lipinski definition) is 5. The van der Waals surface area contributed by atoms with Crippen molar-refractivity contribution in [1.29, 1.82) is 0 Å². The highest BCUT2D eigenvalue weighted by atomic mass is 35.5. The molecule has 7 nitrogen and oxygen atoms in total. The van der Waals surface area contributed by atoms with Gasteiger partial charge in [-0.25, -0.2) is 22.2 Å². The molecular formula is C31H23Cl2F2N3O4S. The number of carbonyl (C=O) groups excluding carboxylic acids is 2. The summed E-state index contributed by atoms with van der Waals surface area (Å²) in [5, 5.41) is 0.800. The number of halogens is 4. The average Bonchev–Trinajstić information content (AvgIpc) is 3.34. The SMILES string of the molecule is CCCS(=O)(=O)Nc1ccc(F)c(C(=O)c2cn(C(=O)c3c(C)cccc3Cl)c3ncc(-c4ccc(Cl)cc4)cc23)c1F. The highest BCUT2D eigenvalue weighted by Gasteiger charge is 2.29. The molecule has 1 N–H and O–H groups in total. The fraction of sp³-hybridized carbons (Fsp3) is 0.129. The lowest BCUT2D eigenvalue weighted by Gasteiger charge is -2.11. The van der Waals surface area contributed by atoms with E-state index in [1.54, 1.807) is 62.4 Å². The van der Waals surface area contributed by atoms with Crippen LogP contribution in [0.4, 0.5) is 14.5 Å². The van der Waals surface area contributed by atoms with Gasteiger partial charge in [0, 0.05) is 28.4 Å². The van der Waals surface area contributed by atoms with Crippen LogP contribution in [0.1, 0.15) is 45.2 Å². The van der Waals surface area contributed by atoms with Gasteiger partial charge in [-0.2, -0.15) is 0 Å². The van der Waals surface area contributed by atoms with Crippen molar-refractivity contribution in [3.63, 3.8) is 0 Å². The van der Waals surface area contributed by atoms with Gasteiger partial charge in [0.2, 0.25) is 15.8 Å². The Morgan fingerprint density at radius 3 is 2.37 bits per heavy atom. The van der Waals surface area contributed by atoms with E-state index in [1.165, 1.54) is 6.20 Å². The molecule has 0 bridgehead atoms. The molecule has 0 saturated heterocycles. The van der Waals surface area contributed by atoms with Crippen LogP contribution in [0.15, 0.2) is 73.1 Å². The van der Waals surface area contributed by atoms with Crippen LogP contribution in [0.3, 0.4) is 0 Å². The number of carbonyl (C=O) groups is 2. The molecule has 0 saturated carbocycles. The second kappa shape index (κ2) is 11.9. The molecule has 0 aliphatic rings. The minimum absolute atomic E-state index is 0.0472. The van der Waals surface area contributed by atoms with Crippen LogP contribution in [-0.2, 0) is 10.0 Å². The first-order chi connectivity index (χ1) is 20.4. The smallest absolute Gasteiger partial charge is 0.265 e. The Balaban J connectivity index is 1.72. The van der Waals surface area contributed by atoms with Crippen molar-refractivity contribution in [1.82, 2.24) is 9.55 Å². The summed E-state index contributed by atoms with van der Waals surface area (Å²) in [5.74, 6) is -4.63. The van der Waals surface area contributed by atoms with Crippen LogP contribution < -0.4 is 4.72 Å². The van der Waals surface area contributed by atoms with Gasteiger partial charge in [0.1, 0.15) is 11.5 Å². The zero-order valence-electron chi connectivity index (χ0n) is 22.8. The van der Waals surface area contributed by atoms with E-state index in [9.17, 15) is 18.0 Å². The van der Waals surface area contributed by atoms with E-state index >= 15 is 8.78 Å². The van der Waals surface area contributed by atoms with Gasteiger partial charge in [-0.05, 0) is 60.9 Å². The van der Waals surface area contributed by atoms with Crippen molar-refractivity contribution < 1.29 is 26.8 Å². The van der Waals surface area contributed by atoms with Gasteiger partial charge in [0.25, 0.3) is 5.91 Å². The number of anilines is 1. The molecule has 2 heterocycles. The van der Waals surface area contributed by atoms with Gasteiger partial charge in [0.15, 0.2) is 5.82 Å². The molecule has 5 aromatic rings. The summed E-state index contributed by atoms with van der Waals surface area (Å²) in [4.78, 5) is 32.1. The first-order valence-electron chi connectivity index (χ1n) is 13.0. The predicted molar refractivity (Wildman–Crippen MR) is 164 cm³/mol. The van der Waals surface area contributed by atoms with Crippen molar-refractivity contribution >= 4 is 61.6 Å². The monoisotopic (exact) mass is 641 g/mol. The largest absolute Gasteiger partial charge is 0.288 e. The van der Waals surface area contributed by atoms with Crippen molar-refractivity contribution in [3.05, 3.63) is 117 Å². The number of aryl methyl sites for hydroxylation is 1. The molecule has 0 aliphatic heterocycles. The molecule has 0 spiro atoms. The number of fused-ring (bicyclic) bond motifs is 1. The molecule has 12 heteroatoms. The number of pyridine rings is 1. The van der Waals surface area contributed by atoms with Gasteiger partial charge in [0.05, 0.1) is 33.2 Å². The number of benzene rings is 3. The van der Waals surface area contributed by atoms with E-state index in [0.717, 1.165) is 22.9 Å². The Morgan fingerprint density at radius 2 is 1.70 bits per heavy atom.